The van der Waals surface area contributed by atoms with E-state index in [2.05, 4.69) is 22.2 Å². The number of aryl methyl sites for hydroxylation is 1. The van der Waals surface area contributed by atoms with Crippen molar-refractivity contribution in [2.45, 2.75) is 30.6 Å². The van der Waals surface area contributed by atoms with E-state index in [1.54, 1.807) is 25.3 Å². The molecule has 184 valence electrons. The summed E-state index contributed by atoms with van der Waals surface area (Å²) < 4.78 is 32.8. The number of piperazine rings is 1. The van der Waals surface area contributed by atoms with Gasteiger partial charge in [0.2, 0.25) is 15.9 Å². The Hall–Kier alpha value is -2.62. The number of nitrogens with one attached hydrogen (secondary N) is 1. The third-order valence-corrected chi connectivity index (χ3v) is 8.49. The number of hydrogen-bond donors (Lipinski definition) is 1. The maximum atomic E-state index is 12.9. The van der Waals surface area contributed by atoms with Crippen LogP contribution in [-0.2, 0) is 21.2 Å². The number of rotatable bonds is 8. The summed E-state index contributed by atoms with van der Waals surface area (Å²) in [6, 6.07) is 12.8. The van der Waals surface area contributed by atoms with Crippen LogP contribution in [0.2, 0.25) is 0 Å². The Morgan fingerprint density at radius 2 is 1.65 bits per heavy atom. The minimum Gasteiger partial charge on any atom is -0.496 e. The monoisotopic (exact) mass is 486 g/mol. The number of ether oxygens (including phenoxy) is 1. The highest BCUT2D eigenvalue weighted by molar-refractivity contribution is 7.89. The molecule has 1 amide bonds. The molecule has 0 spiro atoms. The molecule has 2 heterocycles. The maximum Gasteiger partial charge on any atom is 0.243 e. The van der Waals surface area contributed by atoms with E-state index in [0.29, 0.717) is 30.8 Å². The van der Waals surface area contributed by atoms with Crippen molar-refractivity contribution in [3.63, 3.8) is 0 Å². The quantitative estimate of drug-likeness (QED) is 0.618. The van der Waals surface area contributed by atoms with Crippen LogP contribution < -0.4 is 15.0 Å². The van der Waals surface area contributed by atoms with Gasteiger partial charge in [0.05, 0.1) is 12.0 Å². The van der Waals surface area contributed by atoms with Crippen molar-refractivity contribution in [1.82, 2.24) is 9.21 Å². The molecule has 34 heavy (non-hydrogen) atoms. The second-order valence-electron chi connectivity index (χ2n) is 8.97. The summed E-state index contributed by atoms with van der Waals surface area (Å²) in [6.45, 7) is 5.19. The van der Waals surface area contributed by atoms with Gasteiger partial charge < -0.3 is 19.9 Å². The van der Waals surface area contributed by atoms with Gasteiger partial charge in [-0.1, -0.05) is 0 Å². The van der Waals surface area contributed by atoms with E-state index >= 15 is 0 Å². The second kappa shape index (κ2) is 10.8. The number of likely N-dealkylation sites (N-methyl/N-ethyl adjacent to an activating group) is 1. The highest BCUT2D eigenvalue weighted by Gasteiger charge is 2.27. The van der Waals surface area contributed by atoms with Gasteiger partial charge in [-0.05, 0) is 74.3 Å². The molecule has 0 unspecified atom stereocenters. The van der Waals surface area contributed by atoms with Gasteiger partial charge >= 0.3 is 0 Å². The van der Waals surface area contributed by atoms with Crippen molar-refractivity contribution in [3.8, 4) is 5.75 Å². The van der Waals surface area contributed by atoms with Crippen molar-refractivity contribution < 1.29 is 17.9 Å². The molecule has 0 atom stereocenters. The SMILES string of the molecule is COc1ccc(S(=O)(=O)N2CCCC2)cc1CCC(=O)Nc1ccc(N2CCN(C)CC2)cc1. The number of methoxy groups -OCH3 is 1. The molecule has 9 heteroatoms. The number of carbonyl (C=O) groups is 1. The molecular formula is C25H34N4O4S. The Kier molecular flexibility index (Phi) is 7.75. The second-order valence-corrected chi connectivity index (χ2v) is 10.9. The Morgan fingerprint density at radius 3 is 2.29 bits per heavy atom. The van der Waals surface area contributed by atoms with Gasteiger partial charge in [-0.25, -0.2) is 8.42 Å². The van der Waals surface area contributed by atoms with Crippen LogP contribution in [0, 0.1) is 0 Å². The van der Waals surface area contributed by atoms with Crippen molar-refractivity contribution in [2.75, 3.05) is 63.6 Å². The van der Waals surface area contributed by atoms with E-state index in [-0.39, 0.29) is 17.2 Å². The molecule has 1 N–H and O–H groups in total. The van der Waals surface area contributed by atoms with Crippen LogP contribution in [0.1, 0.15) is 24.8 Å². The fourth-order valence-electron chi connectivity index (χ4n) is 4.48. The van der Waals surface area contributed by atoms with Crippen LogP contribution in [0.15, 0.2) is 47.4 Å². The molecular weight excluding hydrogens is 452 g/mol. The Labute approximate surface area is 202 Å². The Morgan fingerprint density at radius 1 is 0.971 bits per heavy atom. The number of nitrogens with zero attached hydrogens (tertiary/aromatic N) is 3. The van der Waals surface area contributed by atoms with Crippen LogP contribution in [0.3, 0.4) is 0 Å². The van der Waals surface area contributed by atoms with E-state index in [9.17, 15) is 13.2 Å². The van der Waals surface area contributed by atoms with E-state index in [1.807, 2.05) is 24.3 Å². The molecule has 2 fully saturated rings. The van der Waals surface area contributed by atoms with Crippen LogP contribution in [-0.4, -0.2) is 77.0 Å². The molecule has 0 aromatic heterocycles. The normalized spacial score (nSPS) is 17.6. The minimum atomic E-state index is -3.52. The average Bonchev–Trinajstić information content (AvgIpc) is 3.40. The standard InChI is InChI=1S/C25H34N4O4S/c1-27-15-17-28(18-16-27)22-8-6-21(7-9-22)26-25(30)12-5-20-19-23(10-11-24(20)33-2)34(31,32)29-13-3-4-14-29/h6-11,19H,3-5,12-18H2,1-2H3,(H,26,30). The summed E-state index contributed by atoms with van der Waals surface area (Å²) in [5.74, 6) is 0.465. The third kappa shape index (κ3) is 5.71. The third-order valence-electron chi connectivity index (χ3n) is 6.60. The first-order valence-electron chi connectivity index (χ1n) is 11.9. The predicted molar refractivity (Wildman–Crippen MR) is 134 cm³/mol. The van der Waals surface area contributed by atoms with Crippen LogP contribution in [0.5, 0.6) is 5.75 Å². The first kappa shape index (κ1) is 24.5. The van der Waals surface area contributed by atoms with Gasteiger partial charge in [-0.3, -0.25) is 4.79 Å². The van der Waals surface area contributed by atoms with E-state index < -0.39 is 10.0 Å². The summed E-state index contributed by atoms with van der Waals surface area (Å²) >= 11 is 0. The minimum absolute atomic E-state index is 0.123. The lowest BCUT2D eigenvalue weighted by Crippen LogP contribution is -2.44. The van der Waals surface area contributed by atoms with Gasteiger partial charge in [0.1, 0.15) is 5.75 Å². The van der Waals surface area contributed by atoms with Gasteiger partial charge in [-0.2, -0.15) is 4.31 Å². The topological polar surface area (TPSA) is 82.2 Å². The summed E-state index contributed by atoms with van der Waals surface area (Å²) in [6.07, 6.45) is 2.39. The zero-order valence-corrected chi connectivity index (χ0v) is 20.8. The average molecular weight is 487 g/mol. The summed E-state index contributed by atoms with van der Waals surface area (Å²) in [4.78, 5) is 17.5. The molecule has 0 aliphatic carbocycles. The molecule has 0 radical (unpaired) electrons. The molecule has 8 nitrogen and oxygen atoms in total. The number of amides is 1. The van der Waals surface area contributed by atoms with Crippen molar-refractivity contribution in [2.24, 2.45) is 0 Å². The molecule has 2 aliphatic heterocycles. The first-order chi connectivity index (χ1) is 16.4. The van der Waals surface area contributed by atoms with Crippen LogP contribution in [0.4, 0.5) is 11.4 Å². The predicted octanol–water partition coefficient (Wildman–Crippen LogP) is 2.80. The molecule has 2 aromatic carbocycles. The highest BCUT2D eigenvalue weighted by Crippen LogP contribution is 2.27. The maximum absolute atomic E-state index is 12.9. The van der Waals surface area contributed by atoms with E-state index in [4.69, 9.17) is 4.74 Å². The van der Waals surface area contributed by atoms with E-state index in [0.717, 1.165) is 50.4 Å². The smallest absolute Gasteiger partial charge is 0.243 e. The van der Waals surface area contributed by atoms with Gasteiger partial charge in [-0.15, -0.1) is 0 Å². The van der Waals surface area contributed by atoms with Crippen LogP contribution in [0.25, 0.3) is 0 Å². The van der Waals surface area contributed by atoms with E-state index in [1.165, 1.54) is 4.31 Å². The zero-order valence-electron chi connectivity index (χ0n) is 20.0. The highest BCUT2D eigenvalue weighted by atomic mass is 32.2. The first-order valence-corrected chi connectivity index (χ1v) is 13.3. The zero-order chi connectivity index (χ0) is 24.1. The molecule has 2 aromatic rings. The number of benzene rings is 2. The fourth-order valence-corrected chi connectivity index (χ4v) is 6.05. The van der Waals surface area contributed by atoms with Gasteiger partial charge in [0.15, 0.2) is 0 Å². The molecule has 2 aliphatic rings. The number of hydrogen-bond acceptors (Lipinski definition) is 6. The molecule has 4 rings (SSSR count). The van der Waals surface area contributed by atoms with Gasteiger partial charge in [0.25, 0.3) is 0 Å². The van der Waals surface area contributed by atoms with Crippen molar-refractivity contribution in [3.05, 3.63) is 48.0 Å². The summed E-state index contributed by atoms with van der Waals surface area (Å²) in [5, 5.41) is 2.94. The Balaban J connectivity index is 1.36. The van der Waals surface area contributed by atoms with Crippen molar-refractivity contribution in [1.29, 1.82) is 0 Å². The lowest BCUT2D eigenvalue weighted by atomic mass is 10.1. The lowest BCUT2D eigenvalue weighted by Gasteiger charge is -2.34. The summed E-state index contributed by atoms with van der Waals surface area (Å²) in [5.41, 5.74) is 2.62. The molecule has 0 bridgehead atoms. The summed E-state index contributed by atoms with van der Waals surface area (Å²) in [7, 11) is 0.165. The Bertz CT molecular complexity index is 1090. The largest absolute Gasteiger partial charge is 0.496 e. The molecule has 0 saturated carbocycles. The number of carbonyl (C=O) groups excluding carboxylic acids is 1. The number of sulfonamides is 1. The van der Waals surface area contributed by atoms with Crippen LogP contribution >= 0.6 is 0 Å². The lowest BCUT2D eigenvalue weighted by molar-refractivity contribution is -0.116. The number of anilines is 2. The van der Waals surface area contributed by atoms with Gasteiger partial charge in [0, 0.05) is 57.1 Å². The molecule has 2 saturated heterocycles. The fraction of sp³-hybridized carbons (Fsp3) is 0.480. The van der Waals surface area contributed by atoms with Crippen molar-refractivity contribution >= 4 is 27.3 Å².